The molecule has 0 saturated carbocycles. The first kappa shape index (κ1) is 22.1. The van der Waals surface area contributed by atoms with Crippen LogP contribution in [0.1, 0.15) is 52.7 Å². The second kappa shape index (κ2) is 8.63. The van der Waals surface area contributed by atoms with Crippen LogP contribution >= 0.6 is 0 Å². The Morgan fingerprint density at radius 1 is 1.16 bits per heavy atom. The highest BCUT2D eigenvalue weighted by atomic mass is 16.5. The minimum atomic E-state index is -1.13. The molecule has 3 aromatic rings. The lowest BCUT2D eigenvalue weighted by Gasteiger charge is -2.27. The molecule has 0 unspecified atom stereocenters. The molecule has 0 radical (unpaired) electrons. The van der Waals surface area contributed by atoms with Crippen LogP contribution in [-0.2, 0) is 6.42 Å². The molecule has 4 N–H and O–H groups in total. The fraction of sp³-hybridized carbons (Fsp3) is 0.292. The largest absolute Gasteiger partial charge is 0.490 e. The fourth-order valence-corrected chi connectivity index (χ4v) is 3.50. The van der Waals surface area contributed by atoms with Crippen LogP contribution in [-0.4, -0.2) is 34.1 Å². The standard InChI is InChI=1S/C24H27N3O4/c1-5-15-11-12-17-19(20(25)18(23(29)30)14(2)26-17)21(15)31-13-24(3,4)27-22(28)16-9-7-6-8-10-16/h6-12H,5,13H2,1-4H3,(H2,25,26)(H,27,28)(H,29,30). The van der Waals surface area contributed by atoms with E-state index in [1.807, 2.05) is 39.0 Å². The smallest absolute Gasteiger partial charge is 0.339 e. The number of aryl methyl sites for hydroxylation is 2. The summed E-state index contributed by atoms with van der Waals surface area (Å²) in [6.07, 6.45) is 0.664. The second-order valence-electron chi connectivity index (χ2n) is 8.09. The molecule has 0 atom stereocenters. The van der Waals surface area contributed by atoms with E-state index in [1.54, 1.807) is 31.2 Å². The van der Waals surface area contributed by atoms with Gasteiger partial charge in [0.05, 0.1) is 27.8 Å². The molecular formula is C24H27N3O4. The summed E-state index contributed by atoms with van der Waals surface area (Å²) in [7, 11) is 0. The molecule has 3 rings (SSSR count). The molecule has 1 aromatic heterocycles. The number of anilines is 1. The molecule has 31 heavy (non-hydrogen) atoms. The first-order valence-corrected chi connectivity index (χ1v) is 10.1. The summed E-state index contributed by atoms with van der Waals surface area (Å²) in [5.74, 6) is -0.838. The van der Waals surface area contributed by atoms with E-state index in [1.165, 1.54) is 0 Å². The Morgan fingerprint density at radius 3 is 2.45 bits per heavy atom. The Balaban J connectivity index is 1.95. The molecule has 1 amide bonds. The van der Waals surface area contributed by atoms with Crippen molar-refractivity contribution >= 4 is 28.5 Å². The van der Waals surface area contributed by atoms with Crippen molar-refractivity contribution in [2.75, 3.05) is 12.3 Å². The van der Waals surface area contributed by atoms with Gasteiger partial charge in [-0.15, -0.1) is 0 Å². The van der Waals surface area contributed by atoms with E-state index in [4.69, 9.17) is 10.5 Å². The lowest BCUT2D eigenvalue weighted by atomic mass is 10.0. The summed E-state index contributed by atoms with van der Waals surface area (Å²) in [5.41, 5.74) is 8.04. The first-order valence-electron chi connectivity index (χ1n) is 10.1. The second-order valence-corrected chi connectivity index (χ2v) is 8.09. The van der Waals surface area contributed by atoms with Crippen molar-refractivity contribution in [3.05, 3.63) is 64.8 Å². The number of nitrogen functional groups attached to an aromatic ring is 1. The monoisotopic (exact) mass is 421 g/mol. The number of hydrogen-bond donors (Lipinski definition) is 3. The first-order chi connectivity index (χ1) is 14.6. The highest BCUT2D eigenvalue weighted by Crippen LogP contribution is 2.37. The zero-order valence-electron chi connectivity index (χ0n) is 18.2. The highest BCUT2D eigenvalue weighted by Gasteiger charge is 2.25. The molecule has 0 aliphatic carbocycles. The molecule has 7 heteroatoms. The maximum absolute atomic E-state index is 12.6. The van der Waals surface area contributed by atoms with Crippen LogP contribution in [0.15, 0.2) is 42.5 Å². The van der Waals surface area contributed by atoms with Crippen molar-refractivity contribution < 1.29 is 19.4 Å². The van der Waals surface area contributed by atoms with Gasteiger partial charge in [0.15, 0.2) is 0 Å². The zero-order chi connectivity index (χ0) is 22.8. The van der Waals surface area contributed by atoms with Gasteiger partial charge in [0.1, 0.15) is 17.9 Å². The molecular weight excluding hydrogens is 394 g/mol. The maximum atomic E-state index is 12.6. The molecule has 0 bridgehead atoms. The van der Waals surface area contributed by atoms with Crippen molar-refractivity contribution in [3.8, 4) is 5.75 Å². The molecule has 1 heterocycles. The third-order valence-electron chi connectivity index (χ3n) is 5.07. The molecule has 162 valence electrons. The van der Waals surface area contributed by atoms with Crippen LogP contribution < -0.4 is 15.8 Å². The topological polar surface area (TPSA) is 115 Å². The number of ether oxygens (including phenoxy) is 1. The number of benzene rings is 2. The van der Waals surface area contributed by atoms with Crippen LogP contribution in [0, 0.1) is 6.92 Å². The number of aromatic nitrogens is 1. The highest BCUT2D eigenvalue weighted by molar-refractivity contribution is 6.07. The molecule has 7 nitrogen and oxygen atoms in total. The predicted molar refractivity (Wildman–Crippen MR) is 121 cm³/mol. The average molecular weight is 421 g/mol. The molecule has 0 spiro atoms. The Kier molecular flexibility index (Phi) is 6.15. The number of pyridine rings is 1. The third kappa shape index (κ3) is 4.60. The molecule has 0 aliphatic heterocycles. The van der Waals surface area contributed by atoms with Gasteiger partial charge in [-0.3, -0.25) is 9.78 Å². The Morgan fingerprint density at radius 2 is 1.84 bits per heavy atom. The summed E-state index contributed by atoms with van der Waals surface area (Å²) in [4.78, 5) is 28.7. The molecule has 2 aromatic carbocycles. The molecule has 0 aliphatic rings. The van der Waals surface area contributed by atoms with E-state index in [-0.39, 0.29) is 23.8 Å². The number of rotatable bonds is 7. The van der Waals surface area contributed by atoms with Gasteiger partial charge in [-0.2, -0.15) is 0 Å². The summed E-state index contributed by atoms with van der Waals surface area (Å²) in [6.45, 7) is 7.48. The van der Waals surface area contributed by atoms with E-state index < -0.39 is 11.5 Å². The Bertz CT molecular complexity index is 1140. The Hall–Kier alpha value is -3.61. The van der Waals surface area contributed by atoms with Gasteiger partial charge >= 0.3 is 5.97 Å². The van der Waals surface area contributed by atoms with Gasteiger partial charge in [-0.1, -0.05) is 31.2 Å². The van der Waals surface area contributed by atoms with E-state index >= 15 is 0 Å². The van der Waals surface area contributed by atoms with Crippen molar-refractivity contribution in [2.24, 2.45) is 0 Å². The van der Waals surface area contributed by atoms with Gasteiger partial charge in [0.2, 0.25) is 0 Å². The summed E-state index contributed by atoms with van der Waals surface area (Å²) in [6, 6.07) is 12.7. The van der Waals surface area contributed by atoms with Crippen molar-refractivity contribution in [2.45, 2.75) is 39.7 Å². The number of carbonyl (C=O) groups excluding carboxylic acids is 1. The minimum absolute atomic E-state index is 0.0257. The fourth-order valence-electron chi connectivity index (χ4n) is 3.50. The van der Waals surface area contributed by atoms with Crippen molar-refractivity contribution in [3.63, 3.8) is 0 Å². The van der Waals surface area contributed by atoms with Gasteiger partial charge in [0, 0.05) is 5.56 Å². The third-order valence-corrected chi connectivity index (χ3v) is 5.07. The van der Waals surface area contributed by atoms with Crippen molar-refractivity contribution in [1.29, 1.82) is 0 Å². The number of hydrogen-bond acceptors (Lipinski definition) is 5. The quantitative estimate of drug-likeness (QED) is 0.532. The van der Waals surface area contributed by atoms with Crippen LogP contribution in [0.4, 0.5) is 5.69 Å². The molecule has 0 saturated heterocycles. The number of nitrogens with one attached hydrogen (secondary N) is 1. The number of carboxylic acid groups (broad SMARTS) is 1. The number of aromatic carboxylic acids is 1. The van der Waals surface area contributed by atoms with Crippen LogP contribution in [0.25, 0.3) is 10.9 Å². The number of nitrogens with two attached hydrogens (primary N) is 1. The summed E-state index contributed by atoms with van der Waals surface area (Å²) in [5, 5.41) is 13.0. The number of carboxylic acids is 1. The lowest BCUT2D eigenvalue weighted by molar-refractivity contribution is 0.0696. The Labute approximate surface area is 181 Å². The van der Waals surface area contributed by atoms with Gasteiger partial charge < -0.3 is 20.9 Å². The summed E-state index contributed by atoms with van der Waals surface area (Å²) < 4.78 is 6.17. The van der Waals surface area contributed by atoms with Crippen LogP contribution in [0.3, 0.4) is 0 Å². The van der Waals surface area contributed by atoms with Gasteiger partial charge in [0.25, 0.3) is 5.91 Å². The van der Waals surface area contributed by atoms with Gasteiger partial charge in [-0.25, -0.2) is 4.79 Å². The number of nitrogens with zero attached hydrogens (tertiary/aromatic N) is 1. The van der Waals surface area contributed by atoms with Crippen LogP contribution in [0.5, 0.6) is 5.75 Å². The minimum Gasteiger partial charge on any atom is -0.490 e. The number of amides is 1. The van der Waals surface area contributed by atoms with E-state index in [2.05, 4.69) is 10.3 Å². The number of carbonyl (C=O) groups is 2. The lowest BCUT2D eigenvalue weighted by Crippen LogP contribution is -2.47. The van der Waals surface area contributed by atoms with E-state index in [9.17, 15) is 14.7 Å². The zero-order valence-corrected chi connectivity index (χ0v) is 18.2. The van der Waals surface area contributed by atoms with Crippen LogP contribution in [0.2, 0.25) is 0 Å². The summed E-state index contributed by atoms with van der Waals surface area (Å²) >= 11 is 0. The average Bonchev–Trinajstić information content (AvgIpc) is 2.71. The predicted octanol–water partition coefficient (Wildman–Crippen LogP) is 3.97. The normalized spacial score (nSPS) is 11.4. The maximum Gasteiger partial charge on any atom is 0.339 e. The molecule has 0 fully saturated rings. The van der Waals surface area contributed by atoms with Crippen molar-refractivity contribution in [1.82, 2.24) is 10.3 Å². The SMILES string of the molecule is CCc1ccc2nc(C)c(C(=O)O)c(N)c2c1OCC(C)(C)NC(=O)c1ccccc1. The van der Waals surface area contributed by atoms with E-state index in [0.717, 1.165) is 5.56 Å². The van der Waals surface area contributed by atoms with Gasteiger partial charge in [-0.05, 0) is 51.0 Å². The number of fused-ring (bicyclic) bond motifs is 1. The van der Waals surface area contributed by atoms with E-state index in [0.29, 0.717) is 34.3 Å².